The molecule has 1 aromatic carbocycles. The van der Waals surface area contributed by atoms with Crippen LogP contribution in [0.1, 0.15) is 24.2 Å². The highest BCUT2D eigenvalue weighted by Gasteiger charge is 2.37. The van der Waals surface area contributed by atoms with Crippen LogP contribution in [0.4, 0.5) is 5.69 Å². The van der Waals surface area contributed by atoms with Gasteiger partial charge < -0.3 is 4.90 Å². The fraction of sp³-hybridized carbons (Fsp3) is 0.333. The first-order valence-corrected chi connectivity index (χ1v) is 5.96. The first-order chi connectivity index (χ1) is 7.52. The van der Waals surface area contributed by atoms with Gasteiger partial charge in [-0.05, 0) is 34.0 Å². The highest BCUT2D eigenvalue weighted by molar-refractivity contribution is 9.10. The number of Topliss-reactive ketones (excluding diaryl/α,β-unsaturated/α-hetero) is 1. The molecule has 1 amide bonds. The number of anilines is 1. The van der Waals surface area contributed by atoms with Gasteiger partial charge in [0.25, 0.3) is 11.7 Å². The van der Waals surface area contributed by atoms with Crippen LogP contribution in [0.3, 0.4) is 0 Å². The molecule has 3 nitrogen and oxygen atoms in total. The number of halogens is 1. The Kier molecular flexibility index (Phi) is 2.84. The number of nitrogens with zero attached hydrogens (tertiary/aromatic N) is 1. The number of hydrogen-bond donors (Lipinski definition) is 0. The zero-order valence-corrected chi connectivity index (χ0v) is 10.7. The third-order valence-corrected chi connectivity index (χ3v) is 3.13. The summed E-state index contributed by atoms with van der Waals surface area (Å²) in [6.45, 7) is 4.61. The number of amides is 1. The molecule has 0 atom stereocenters. The van der Waals surface area contributed by atoms with Gasteiger partial charge in [-0.1, -0.05) is 19.9 Å². The summed E-state index contributed by atoms with van der Waals surface area (Å²) in [5.41, 5.74) is 1.21. The van der Waals surface area contributed by atoms with Crippen molar-refractivity contribution in [1.29, 1.82) is 0 Å². The van der Waals surface area contributed by atoms with Crippen LogP contribution >= 0.6 is 15.9 Å². The van der Waals surface area contributed by atoms with Gasteiger partial charge in [-0.25, -0.2) is 0 Å². The van der Waals surface area contributed by atoms with Crippen molar-refractivity contribution in [2.75, 3.05) is 11.4 Å². The Labute approximate surface area is 103 Å². The molecule has 0 unspecified atom stereocenters. The second kappa shape index (κ2) is 4.01. The minimum Gasteiger partial charge on any atom is -0.303 e. The Morgan fingerprint density at radius 1 is 1.31 bits per heavy atom. The zero-order chi connectivity index (χ0) is 11.9. The van der Waals surface area contributed by atoms with Crippen molar-refractivity contribution in [3.63, 3.8) is 0 Å². The molecule has 1 aliphatic heterocycles. The maximum atomic E-state index is 11.8. The number of ketones is 1. The predicted octanol–water partition coefficient (Wildman–Crippen LogP) is 2.63. The van der Waals surface area contributed by atoms with E-state index in [4.69, 9.17) is 0 Å². The topological polar surface area (TPSA) is 37.4 Å². The van der Waals surface area contributed by atoms with Gasteiger partial charge in [0.1, 0.15) is 0 Å². The van der Waals surface area contributed by atoms with Gasteiger partial charge in [0.05, 0.1) is 11.3 Å². The van der Waals surface area contributed by atoms with Crippen LogP contribution in [0.5, 0.6) is 0 Å². The number of benzene rings is 1. The average molecular weight is 282 g/mol. The van der Waals surface area contributed by atoms with Crippen LogP contribution in [-0.2, 0) is 4.79 Å². The largest absolute Gasteiger partial charge is 0.303 e. The molecule has 1 heterocycles. The summed E-state index contributed by atoms with van der Waals surface area (Å²) in [6, 6.07) is 5.31. The van der Waals surface area contributed by atoms with Gasteiger partial charge in [0.2, 0.25) is 0 Å². The van der Waals surface area contributed by atoms with Crippen LogP contribution in [0.15, 0.2) is 22.7 Å². The van der Waals surface area contributed by atoms with E-state index in [2.05, 4.69) is 15.9 Å². The molecule has 0 aliphatic carbocycles. The molecular weight excluding hydrogens is 270 g/mol. The van der Waals surface area contributed by atoms with Gasteiger partial charge >= 0.3 is 0 Å². The quantitative estimate of drug-likeness (QED) is 0.782. The predicted molar refractivity (Wildman–Crippen MR) is 65.7 cm³/mol. The second-order valence-corrected chi connectivity index (χ2v) is 5.13. The first-order valence-electron chi connectivity index (χ1n) is 5.17. The molecule has 0 radical (unpaired) electrons. The van der Waals surface area contributed by atoms with Gasteiger partial charge in [-0.15, -0.1) is 0 Å². The van der Waals surface area contributed by atoms with Crippen molar-refractivity contribution < 1.29 is 9.59 Å². The summed E-state index contributed by atoms with van der Waals surface area (Å²) in [7, 11) is 0. The lowest BCUT2D eigenvalue weighted by Crippen LogP contribution is -2.33. The van der Waals surface area contributed by atoms with E-state index in [-0.39, 0.29) is 0 Å². The zero-order valence-electron chi connectivity index (χ0n) is 9.16. The summed E-state index contributed by atoms with van der Waals surface area (Å²) in [5, 5.41) is 0. The van der Waals surface area contributed by atoms with Crippen molar-refractivity contribution in [2.45, 2.75) is 13.8 Å². The molecule has 0 aromatic heterocycles. The standard InChI is InChI=1S/C12H12BrNO2/c1-7(2)6-14-10-8(11(15)12(14)16)4-3-5-9(10)13/h3-5,7H,6H2,1-2H3. The van der Waals surface area contributed by atoms with E-state index in [1.165, 1.54) is 0 Å². The van der Waals surface area contributed by atoms with Crippen molar-refractivity contribution in [3.8, 4) is 0 Å². The molecule has 16 heavy (non-hydrogen) atoms. The van der Waals surface area contributed by atoms with E-state index in [0.29, 0.717) is 23.7 Å². The van der Waals surface area contributed by atoms with Gasteiger partial charge in [0, 0.05) is 11.0 Å². The molecule has 84 valence electrons. The average Bonchev–Trinajstić information content (AvgIpc) is 2.45. The lowest BCUT2D eigenvalue weighted by molar-refractivity contribution is -0.114. The summed E-state index contributed by atoms with van der Waals surface area (Å²) in [4.78, 5) is 25.1. The van der Waals surface area contributed by atoms with Crippen molar-refractivity contribution >= 4 is 33.3 Å². The summed E-state index contributed by atoms with van der Waals surface area (Å²) in [6.07, 6.45) is 0. The Morgan fingerprint density at radius 3 is 2.62 bits per heavy atom. The molecule has 0 spiro atoms. The highest BCUT2D eigenvalue weighted by Crippen LogP contribution is 2.36. The third-order valence-electron chi connectivity index (χ3n) is 2.49. The molecule has 1 aromatic rings. The number of para-hydroxylation sites is 1. The van der Waals surface area contributed by atoms with E-state index in [0.717, 1.165) is 4.47 Å². The van der Waals surface area contributed by atoms with Crippen molar-refractivity contribution in [2.24, 2.45) is 5.92 Å². The summed E-state index contributed by atoms with van der Waals surface area (Å²) < 4.78 is 0.796. The molecule has 0 saturated carbocycles. The molecule has 0 bridgehead atoms. The normalized spacial score (nSPS) is 14.9. The van der Waals surface area contributed by atoms with Gasteiger partial charge in [0.15, 0.2) is 0 Å². The molecule has 0 N–H and O–H groups in total. The van der Waals surface area contributed by atoms with Crippen molar-refractivity contribution in [3.05, 3.63) is 28.2 Å². The van der Waals surface area contributed by atoms with E-state index < -0.39 is 11.7 Å². The maximum absolute atomic E-state index is 11.8. The minimum atomic E-state index is -0.421. The fourth-order valence-corrected chi connectivity index (χ4v) is 2.43. The molecule has 2 rings (SSSR count). The fourth-order valence-electron chi connectivity index (χ4n) is 1.85. The smallest absolute Gasteiger partial charge is 0.299 e. The monoisotopic (exact) mass is 281 g/mol. The molecular formula is C12H12BrNO2. The Morgan fingerprint density at radius 2 is 2.00 bits per heavy atom. The second-order valence-electron chi connectivity index (χ2n) is 4.27. The SMILES string of the molecule is CC(C)CN1C(=O)C(=O)c2cccc(Br)c21. The van der Waals surface area contributed by atoms with Gasteiger partial charge in [-0.2, -0.15) is 0 Å². The molecule has 1 aliphatic rings. The van der Waals surface area contributed by atoms with E-state index in [1.54, 1.807) is 17.0 Å². The summed E-state index contributed by atoms with van der Waals surface area (Å²) in [5.74, 6) is -0.498. The Bertz CT molecular complexity index is 468. The minimum absolute atomic E-state index is 0.329. The molecule has 4 heteroatoms. The number of rotatable bonds is 2. The van der Waals surface area contributed by atoms with E-state index >= 15 is 0 Å². The highest BCUT2D eigenvalue weighted by atomic mass is 79.9. The van der Waals surface area contributed by atoms with Crippen LogP contribution < -0.4 is 4.90 Å². The van der Waals surface area contributed by atoms with Crippen LogP contribution in [0.2, 0.25) is 0 Å². The Balaban J connectivity index is 2.51. The molecule has 0 saturated heterocycles. The van der Waals surface area contributed by atoms with E-state index in [1.807, 2.05) is 19.9 Å². The number of carbonyl (C=O) groups excluding carboxylic acids is 2. The maximum Gasteiger partial charge on any atom is 0.299 e. The number of fused-ring (bicyclic) bond motifs is 1. The van der Waals surface area contributed by atoms with E-state index in [9.17, 15) is 9.59 Å². The first kappa shape index (κ1) is 11.3. The lowest BCUT2D eigenvalue weighted by atomic mass is 10.1. The number of carbonyl (C=O) groups is 2. The van der Waals surface area contributed by atoms with Crippen molar-refractivity contribution in [1.82, 2.24) is 0 Å². The van der Waals surface area contributed by atoms with Gasteiger partial charge in [-0.3, -0.25) is 9.59 Å². The van der Waals surface area contributed by atoms with Crippen LogP contribution in [-0.4, -0.2) is 18.2 Å². The Hall–Kier alpha value is -1.16. The number of hydrogen-bond acceptors (Lipinski definition) is 2. The van der Waals surface area contributed by atoms with Crippen LogP contribution in [0.25, 0.3) is 0 Å². The molecule has 0 fully saturated rings. The lowest BCUT2D eigenvalue weighted by Gasteiger charge is -2.19. The van der Waals surface area contributed by atoms with Crippen LogP contribution in [0, 0.1) is 5.92 Å². The summed E-state index contributed by atoms with van der Waals surface area (Å²) >= 11 is 3.39. The third kappa shape index (κ3) is 1.67.